The molecule has 0 aromatic heterocycles. The van der Waals surface area contributed by atoms with Crippen molar-refractivity contribution < 1.29 is 4.84 Å². The van der Waals surface area contributed by atoms with E-state index in [-0.39, 0.29) is 12.4 Å². The Bertz CT molecular complexity index is 279. The molecule has 0 radical (unpaired) electrons. The van der Waals surface area contributed by atoms with E-state index in [9.17, 15) is 0 Å². The Labute approximate surface area is 170 Å². The fraction of sp³-hybridized carbons (Fsp3) is 1.00. The minimum atomic E-state index is 0. The zero-order valence-electron chi connectivity index (χ0n) is 17.9. The van der Waals surface area contributed by atoms with Crippen molar-refractivity contribution in [2.75, 3.05) is 32.9 Å². The first-order valence-electron chi connectivity index (χ1n) is 11.5. The van der Waals surface area contributed by atoms with Crippen LogP contribution in [0.4, 0.5) is 0 Å². The molecule has 0 amide bonds. The van der Waals surface area contributed by atoms with Gasteiger partial charge in [-0.15, -0.1) is 12.4 Å². The highest BCUT2D eigenvalue weighted by Crippen LogP contribution is 2.14. The van der Waals surface area contributed by atoms with Crippen LogP contribution in [0.2, 0.25) is 0 Å². The molecular weight excluding hydrogens is 344 g/mol. The van der Waals surface area contributed by atoms with Gasteiger partial charge in [-0.05, 0) is 19.9 Å². The number of hydrogen-bond acceptors (Lipinski definition) is 3. The van der Waals surface area contributed by atoms with Gasteiger partial charge in [-0.2, -0.15) is 5.06 Å². The van der Waals surface area contributed by atoms with Crippen molar-refractivity contribution in [3.8, 4) is 0 Å². The standard InChI is InChI=1S/C22H46N2O.ClH/c1-3-5-6-7-8-9-10-11-12-13-14-15-16-17-18-19-23-20-21-24(22-23)25-4-2;/h3-22H2,1-2H3;1H. The Kier molecular flexibility index (Phi) is 20.0. The van der Waals surface area contributed by atoms with Gasteiger partial charge in [-0.3, -0.25) is 9.74 Å². The second kappa shape index (κ2) is 19.9. The Balaban J connectivity index is 0.00000625. The molecule has 0 aromatic carbocycles. The fourth-order valence-corrected chi connectivity index (χ4v) is 3.79. The number of unbranched alkanes of at least 4 members (excludes halogenated alkanes) is 14. The zero-order chi connectivity index (χ0) is 18.0. The molecule has 0 bridgehead atoms. The van der Waals surface area contributed by atoms with Crippen LogP contribution in [-0.2, 0) is 4.84 Å². The molecule has 0 atom stereocenters. The minimum Gasteiger partial charge on any atom is -0.298 e. The Hall–Kier alpha value is 0.170. The topological polar surface area (TPSA) is 15.7 Å². The summed E-state index contributed by atoms with van der Waals surface area (Å²) in [6.07, 6.45) is 21.6. The molecular formula is C22H47ClN2O. The predicted molar refractivity (Wildman–Crippen MR) is 117 cm³/mol. The summed E-state index contributed by atoms with van der Waals surface area (Å²) in [7, 11) is 0. The lowest BCUT2D eigenvalue weighted by Gasteiger charge is -2.16. The Morgan fingerprint density at radius 2 is 1.08 bits per heavy atom. The monoisotopic (exact) mass is 390 g/mol. The summed E-state index contributed by atoms with van der Waals surface area (Å²) in [5.41, 5.74) is 0. The molecule has 0 aliphatic carbocycles. The van der Waals surface area contributed by atoms with Crippen LogP contribution in [0.25, 0.3) is 0 Å². The third-order valence-corrected chi connectivity index (χ3v) is 5.41. The first kappa shape index (κ1) is 26.2. The molecule has 26 heavy (non-hydrogen) atoms. The van der Waals surface area contributed by atoms with E-state index in [1.54, 1.807) is 0 Å². The van der Waals surface area contributed by atoms with Gasteiger partial charge in [0.05, 0.1) is 13.3 Å². The summed E-state index contributed by atoms with van der Waals surface area (Å²) in [5.74, 6) is 0. The SMILES string of the molecule is CCCCCCCCCCCCCCCCCN1CCN(OCC)C1.Cl. The fourth-order valence-electron chi connectivity index (χ4n) is 3.79. The van der Waals surface area contributed by atoms with Gasteiger partial charge in [0.15, 0.2) is 0 Å². The summed E-state index contributed by atoms with van der Waals surface area (Å²) in [5, 5.41) is 2.10. The third kappa shape index (κ3) is 15.2. The summed E-state index contributed by atoms with van der Waals surface area (Å²) in [4.78, 5) is 8.08. The summed E-state index contributed by atoms with van der Waals surface area (Å²) in [6.45, 7) is 9.67. The quantitative estimate of drug-likeness (QED) is 0.239. The van der Waals surface area contributed by atoms with E-state index in [1.165, 1.54) is 109 Å². The molecule has 1 saturated heterocycles. The summed E-state index contributed by atoms with van der Waals surface area (Å²) < 4.78 is 0. The maximum Gasteiger partial charge on any atom is 0.0757 e. The van der Waals surface area contributed by atoms with Gasteiger partial charge < -0.3 is 0 Å². The summed E-state index contributed by atoms with van der Waals surface area (Å²) in [6, 6.07) is 0. The lowest BCUT2D eigenvalue weighted by atomic mass is 10.0. The molecule has 3 nitrogen and oxygen atoms in total. The molecule has 0 saturated carbocycles. The minimum absolute atomic E-state index is 0. The maximum absolute atomic E-state index is 5.55. The number of hydroxylamine groups is 2. The molecule has 1 rings (SSSR count). The van der Waals surface area contributed by atoms with E-state index in [2.05, 4.69) is 23.8 Å². The second-order valence-electron chi connectivity index (χ2n) is 7.83. The van der Waals surface area contributed by atoms with Gasteiger partial charge in [0.1, 0.15) is 0 Å². The van der Waals surface area contributed by atoms with E-state index in [1.807, 2.05) is 0 Å². The van der Waals surface area contributed by atoms with Crippen LogP contribution < -0.4 is 0 Å². The first-order chi connectivity index (χ1) is 12.4. The number of halogens is 1. The molecule has 1 heterocycles. The van der Waals surface area contributed by atoms with Gasteiger partial charge in [0.25, 0.3) is 0 Å². The van der Waals surface area contributed by atoms with Crippen LogP contribution in [0, 0.1) is 0 Å². The highest BCUT2D eigenvalue weighted by molar-refractivity contribution is 5.85. The van der Waals surface area contributed by atoms with E-state index >= 15 is 0 Å². The molecule has 1 fully saturated rings. The molecule has 0 aromatic rings. The van der Waals surface area contributed by atoms with Gasteiger partial charge in [0.2, 0.25) is 0 Å². The largest absolute Gasteiger partial charge is 0.298 e. The van der Waals surface area contributed by atoms with Crippen molar-refractivity contribution in [1.82, 2.24) is 9.96 Å². The Morgan fingerprint density at radius 3 is 1.54 bits per heavy atom. The number of nitrogens with zero attached hydrogens (tertiary/aromatic N) is 2. The molecule has 158 valence electrons. The highest BCUT2D eigenvalue weighted by Gasteiger charge is 2.19. The van der Waals surface area contributed by atoms with Gasteiger partial charge >= 0.3 is 0 Å². The van der Waals surface area contributed by atoms with Crippen molar-refractivity contribution in [2.45, 2.75) is 110 Å². The predicted octanol–water partition coefficient (Wildman–Crippen LogP) is 6.81. The van der Waals surface area contributed by atoms with Crippen molar-refractivity contribution >= 4 is 12.4 Å². The van der Waals surface area contributed by atoms with Crippen molar-refractivity contribution in [2.24, 2.45) is 0 Å². The van der Waals surface area contributed by atoms with Gasteiger partial charge in [-0.1, -0.05) is 96.8 Å². The molecule has 1 aliphatic heterocycles. The average Bonchev–Trinajstić information content (AvgIpc) is 3.06. The van der Waals surface area contributed by atoms with Gasteiger partial charge in [-0.25, -0.2) is 0 Å². The number of rotatable bonds is 18. The van der Waals surface area contributed by atoms with Crippen LogP contribution in [0.3, 0.4) is 0 Å². The molecule has 0 spiro atoms. The van der Waals surface area contributed by atoms with E-state index in [0.717, 1.165) is 19.8 Å². The smallest absolute Gasteiger partial charge is 0.0757 e. The Morgan fingerprint density at radius 1 is 0.615 bits per heavy atom. The van der Waals surface area contributed by atoms with Crippen molar-refractivity contribution in [1.29, 1.82) is 0 Å². The third-order valence-electron chi connectivity index (χ3n) is 5.41. The normalized spacial score (nSPS) is 15.5. The van der Waals surface area contributed by atoms with Crippen LogP contribution in [0.1, 0.15) is 110 Å². The van der Waals surface area contributed by atoms with Crippen molar-refractivity contribution in [3.63, 3.8) is 0 Å². The van der Waals surface area contributed by atoms with Crippen LogP contribution >= 0.6 is 12.4 Å². The lowest BCUT2D eigenvalue weighted by Crippen LogP contribution is -2.26. The maximum atomic E-state index is 5.55. The zero-order valence-corrected chi connectivity index (χ0v) is 18.7. The van der Waals surface area contributed by atoms with Crippen LogP contribution in [-0.4, -0.2) is 42.9 Å². The second-order valence-corrected chi connectivity index (χ2v) is 7.83. The van der Waals surface area contributed by atoms with Crippen LogP contribution in [0.5, 0.6) is 0 Å². The molecule has 0 unspecified atom stereocenters. The number of hydrogen-bond donors (Lipinski definition) is 0. The van der Waals surface area contributed by atoms with Crippen molar-refractivity contribution in [3.05, 3.63) is 0 Å². The van der Waals surface area contributed by atoms with E-state index in [0.29, 0.717) is 0 Å². The van der Waals surface area contributed by atoms with E-state index in [4.69, 9.17) is 4.84 Å². The molecule has 0 N–H and O–H groups in total. The first-order valence-corrected chi connectivity index (χ1v) is 11.5. The van der Waals surface area contributed by atoms with Gasteiger partial charge in [0, 0.05) is 13.1 Å². The summed E-state index contributed by atoms with van der Waals surface area (Å²) >= 11 is 0. The van der Waals surface area contributed by atoms with Crippen LogP contribution in [0.15, 0.2) is 0 Å². The molecule has 1 aliphatic rings. The lowest BCUT2D eigenvalue weighted by molar-refractivity contribution is -0.146. The highest BCUT2D eigenvalue weighted by atomic mass is 35.5. The molecule has 4 heteroatoms. The van der Waals surface area contributed by atoms with E-state index < -0.39 is 0 Å². The average molecular weight is 391 g/mol.